The number of nitrogens with zero attached hydrogens (tertiary/aromatic N) is 3. The summed E-state index contributed by atoms with van der Waals surface area (Å²) in [7, 11) is 0. The number of hydrogen-bond acceptors (Lipinski definition) is 4. The van der Waals surface area contributed by atoms with Gasteiger partial charge >= 0.3 is 0 Å². The van der Waals surface area contributed by atoms with Crippen LogP contribution in [0.15, 0.2) is 24.5 Å². The molecule has 0 aliphatic carbocycles. The number of anilines is 1. The number of rotatable bonds is 9. The van der Waals surface area contributed by atoms with Crippen molar-refractivity contribution in [2.24, 2.45) is 0 Å². The molecule has 2 heterocycles. The molecule has 0 bridgehead atoms. The van der Waals surface area contributed by atoms with Crippen LogP contribution in [0, 0.1) is 0 Å². The zero-order chi connectivity index (χ0) is 16.7. The summed E-state index contributed by atoms with van der Waals surface area (Å²) < 4.78 is 0. The average molecular weight is 315 g/mol. The van der Waals surface area contributed by atoms with Gasteiger partial charge < -0.3 is 10.2 Å². The fraction of sp³-hybridized carbons (Fsp3) is 0.556. The van der Waals surface area contributed by atoms with Crippen molar-refractivity contribution in [3.05, 3.63) is 30.2 Å². The summed E-state index contributed by atoms with van der Waals surface area (Å²) >= 11 is 0. The van der Waals surface area contributed by atoms with Crippen LogP contribution >= 0.6 is 0 Å². The van der Waals surface area contributed by atoms with Gasteiger partial charge in [0.2, 0.25) is 0 Å². The maximum Gasteiger partial charge on any atom is 0.126 e. The highest BCUT2D eigenvalue weighted by Crippen LogP contribution is 2.27. The molecule has 2 aromatic heterocycles. The third kappa shape index (κ3) is 4.79. The Morgan fingerprint density at radius 3 is 2.78 bits per heavy atom. The first-order valence-electron chi connectivity index (χ1n) is 8.61. The summed E-state index contributed by atoms with van der Waals surface area (Å²) in [5, 5.41) is 10.7. The standard InChI is InChI=1S/C18H29N5/c1-5-10-23(6-2)11-9-20-17-12-15(7-8-19-17)16-13-21-22-18(16)14(3)4/h7-8,12-14H,5-6,9-11H2,1-4H3,(H,19,20)(H,21,22). The number of H-pyrrole nitrogens is 1. The lowest BCUT2D eigenvalue weighted by molar-refractivity contribution is 0.300. The molecule has 2 rings (SSSR count). The van der Waals surface area contributed by atoms with Gasteiger partial charge in [0.1, 0.15) is 5.82 Å². The Morgan fingerprint density at radius 1 is 1.26 bits per heavy atom. The molecule has 0 amide bonds. The quantitative estimate of drug-likeness (QED) is 0.740. The number of pyridine rings is 1. The van der Waals surface area contributed by atoms with Crippen LogP contribution in [-0.2, 0) is 0 Å². The highest BCUT2D eigenvalue weighted by Gasteiger charge is 2.11. The second-order valence-corrected chi connectivity index (χ2v) is 6.14. The SMILES string of the molecule is CCCN(CC)CCNc1cc(-c2cn[nH]c2C(C)C)ccn1. The fourth-order valence-corrected chi connectivity index (χ4v) is 2.75. The molecule has 0 unspecified atom stereocenters. The van der Waals surface area contributed by atoms with Crippen molar-refractivity contribution in [1.82, 2.24) is 20.1 Å². The Morgan fingerprint density at radius 2 is 2.09 bits per heavy atom. The lowest BCUT2D eigenvalue weighted by atomic mass is 10.0. The molecule has 0 spiro atoms. The van der Waals surface area contributed by atoms with Crippen LogP contribution in [0.25, 0.3) is 11.1 Å². The Balaban J connectivity index is 2.01. The molecule has 0 atom stereocenters. The molecule has 2 aromatic rings. The van der Waals surface area contributed by atoms with E-state index >= 15 is 0 Å². The van der Waals surface area contributed by atoms with Crippen LogP contribution in [0.1, 0.15) is 45.7 Å². The van der Waals surface area contributed by atoms with Crippen LogP contribution in [0.5, 0.6) is 0 Å². The largest absolute Gasteiger partial charge is 0.369 e. The van der Waals surface area contributed by atoms with Crippen molar-refractivity contribution in [3.8, 4) is 11.1 Å². The van der Waals surface area contributed by atoms with Crippen LogP contribution < -0.4 is 5.32 Å². The van der Waals surface area contributed by atoms with E-state index in [1.54, 1.807) is 0 Å². The first-order valence-corrected chi connectivity index (χ1v) is 8.61. The van der Waals surface area contributed by atoms with Crippen LogP contribution in [0.3, 0.4) is 0 Å². The molecule has 5 nitrogen and oxygen atoms in total. The van der Waals surface area contributed by atoms with Gasteiger partial charge in [-0.1, -0.05) is 27.7 Å². The minimum absolute atomic E-state index is 0.421. The lowest BCUT2D eigenvalue weighted by Gasteiger charge is -2.19. The van der Waals surface area contributed by atoms with E-state index in [4.69, 9.17) is 0 Å². The third-order valence-electron chi connectivity index (χ3n) is 4.04. The molecule has 2 N–H and O–H groups in total. The van der Waals surface area contributed by atoms with E-state index in [0.717, 1.165) is 43.1 Å². The number of aromatic nitrogens is 3. The average Bonchev–Trinajstić information content (AvgIpc) is 3.04. The normalized spacial score (nSPS) is 11.4. The van der Waals surface area contributed by atoms with E-state index in [2.05, 4.69) is 59.2 Å². The molecule has 0 aliphatic heterocycles. The van der Waals surface area contributed by atoms with E-state index in [9.17, 15) is 0 Å². The summed E-state index contributed by atoms with van der Waals surface area (Å²) in [6.07, 6.45) is 4.95. The smallest absolute Gasteiger partial charge is 0.126 e. The van der Waals surface area contributed by atoms with E-state index in [0.29, 0.717) is 5.92 Å². The lowest BCUT2D eigenvalue weighted by Crippen LogP contribution is -2.29. The minimum Gasteiger partial charge on any atom is -0.369 e. The molecule has 23 heavy (non-hydrogen) atoms. The van der Waals surface area contributed by atoms with Crippen molar-refractivity contribution in [2.45, 2.75) is 40.0 Å². The van der Waals surface area contributed by atoms with E-state index in [-0.39, 0.29) is 0 Å². The van der Waals surface area contributed by atoms with Gasteiger partial charge in [-0.3, -0.25) is 5.10 Å². The van der Waals surface area contributed by atoms with Crippen LogP contribution in [0.4, 0.5) is 5.82 Å². The highest BCUT2D eigenvalue weighted by atomic mass is 15.1. The highest BCUT2D eigenvalue weighted by molar-refractivity contribution is 5.68. The number of hydrogen-bond donors (Lipinski definition) is 2. The fourth-order valence-electron chi connectivity index (χ4n) is 2.75. The topological polar surface area (TPSA) is 56.8 Å². The van der Waals surface area contributed by atoms with Gasteiger partial charge in [-0.05, 0) is 43.1 Å². The van der Waals surface area contributed by atoms with Crippen molar-refractivity contribution < 1.29 is 0 Å². The van der Waals surface area contributed by atoms with Gasteiger partial charge in [0.15, 0.2) is 0 Å². The molecule has 0 aromatic carbocycles. The van der Waals surface area contributed by atoms with E-state index < -0.39 is 0 Å². The van der Waals surface area contributed by atoms with Gasteiger partial charge in [0.25, 0.3) is 0 Å². The van der Waals surface area contributed by atoms with Crippen molar-refractivity contribution in [1.29, 1.82) is 0 Å². The molecular weight excluding hydrogens is 286 g/mol. The molecule has 0 fully saturated rings. The number of aromatic amines is 1. The van der Waals surface area contributed by atoms with E-state index in [1.165, 1.54) is 12.1 Å². The summed E-state index contributed by atoms with van der Waals surface area (Å²) in [4.78, 5) is 6.88. The Bertz CT molecular complexity index is 591. The van der Waals surface area contributed by atoms with Gasteiger partial charge in [-0.2, -0.15) is 5.10 Å². The van der Waals surface area contributed by atoms with Crippen molar-refractivity contribution >= 4 is 5.82 Å². The summed E-state index contributed by atoms with van der Waals surface area (Å²) in [5.41, 5.74) is 3.48. The Kier molecular flexibility index (Phi) is 6.59. The molecule has 0 aliphatic rings. The maximum atomic E-state index is 4.43. The Hall–Kier alpha value is -1.88. The predicted octanol–water partition coefficient (Wildman–Crippen LogP) is 3.74. The first kappa shape index (κ1) is 17.5. The molecule has 5 heteroatoms. The molecular formula is C18H29N5. The molecule has 0 radical (unpaired) electrons. The zero-order valence-corrected chi connectivity index (χ0v) is 14.8. The number of nitrogens with one attached hydrogen (secondary N) is 2. The molecule has 0 saturated carbocycles. The second kappa shape index (κ2) is 8.67. The Labute approximate surface area is 139 Å². The maximum absolute atomic E-state index is 4.43. The molecule has 126 valence electrons. The van der Waals surface area contributed by atoms with Gasteiger partial charge in [-0.15, -0.1) is 0 Å². The van der Waals surface area contributed by atoms with Gasteiger partial charge in [0.05, 0.1) is 6.20 Å². The zero-order valence-electron chi connectivity index (χ0n) is 14.8. The first-order chi connectivity index (χ1) is 11.2. The van der Waals surface area contributed by atoms with E-state index in [1.807, 2.05) is 18.5 Å². The van der Waals surface area contributed by atoms with Gasteiger partial charge in [0, 0.05) is 30.5 Å². The predicted molar refractivity (Wildman–Crippen MR) is 96.8 cm³/mol. The summed E-state index contributed by atoms with van der Waals surface area (Å²) in [6.45, 7) is 13.0. The van der Waals surface area contributed by atoms with Crippen molar-refractivity contribution in [2.75, 3.05) is 31.5 Å². The van der Waals surface area contributed by atoms with Crippen LogP contribution in [-0.4, -0.2) is 46.3 Å². The summed E-state index contributed by atoms with van der Waals surface area (Å²) in [5.74, 6) is 1.34. The van der Waals surface area contributed by atoms with Crippen LogP contribution in [0.2, 0.25) is 0 Å². The summed E-state index contributed by atoms with van der Waals surface area (Å²) in [6, 6.07) is 4.14. The monoisotopic (exact) mass is 315 g/mol. The second-order valence-electron chi connectivity index (χ2n) is 6.14. The third-order valence-corrected chi connectivity index (χ3v) is 4.04. The van der Waals surface area contributed by atoms with Gasteiger partial charge in [-0.25, -0.2) is 4.98 Å². The van der Waals surface area contributed by atoms with Crippen molar-refractivity contribution in [3.63, 3.8) is 0 Å². The molecule has 0 saturated heterocycles. The minimum atomic E-state index is 0.421. The number of likely N-dealkylation sites (N-methyl/N-ethyl adjacent to an activating group) is 1.